The third-order valence-corrected chi connectivity index (χ3v) is 4.21. The summed E-state index contributed by atoms with van der Waals surface area (Å²) < 4.78 is 49.7. The van der Waals surface area contributed by atoms with E-state index in [1.807, 2.05) is 0 Å². The summed E-state index contributed by atoms with van der Waals surface area (Å²) in [5.41, 5.74) is 0.317. The summed E-state index contributed by atoms with van der Waals surface area (Å²) in [6.07, 6.45) is -5.87. The van der Waals surface area contributed by atoms with Crippen molar-refractivity contribution in [3.8, 4) is 5.75 Å². The summed E-state index contributed by atoms with van der Waals surface area (Å²) in [5, 5.41) is 11.1. The first-order chi connectivity index (χ1) is 14.1. The molecule has 0 aliphatic rings. The van der Waals surface area contributed by atoms with Crippen molar-refractivity contribution in [1.82, 2.24) is 4.90 Å². The van der Waals surface area contributed by atoms with Crippen LogP contribution in [0.1, 0.15) is 18.1 Å². The van der Waals surface area contributed by atoms with E-state index in [-0.39, 0.29) is 17.9 Å². The number of methoxy groups -OCH3 is 1. The quantitative estimate of drug-likeness (QED) is 0.445. The molecule has 1 unspecified atom stereocenters. The van der Waals surface area contributed by atoms with E-state index in [2.05, 4.69) is 0 Å². The molecule has 0 fully saturated rings. The zero-order valence-electron chi connectivity index (χ0n) is 16.4. The molecule has 30 heavy (non-hydrogen) atoms. The summed E-state index contributed by atoms with van der Waals surface area (Å²) >= 11 is 0. The standard InChI is InChI=1S/C20H21F3N2O5/c1-14(30-12-15-6-5-8-17(10-15)29-2)19(26)24(13-20(21,22)23)11-16-7-3-4-9-18(16)25(27)28/h3-10,14H,11-13H2,1-2H3. The average molecular weight is 426 g/mol. The lowest BCUT2D eigenvalue weighted by Crippen LogP contribution is -2.43. The van der Waals surface area contributed by atoms with Gasteiger partial charge in [-0.15, -0.1) is 0 Å². The first-order valence-electron chi connectivity index (χ1n) is 8.93. The van der Waals surface area contributed by atoms with E-state index >= 15 is 0 Å². The SMILES string of the molecule is COc1cccc(COC(C)C(=O)N(Cc2ccccc2[N+](=O)[O-])CC(F)(F)F)c1. The van der Waals surface area contributed by atoms with Crippen LogP contribution < -0.4 is 4.74 Å². The summed E-state index contributed by atoms with van der Waals surface area (Å²) in [6, 6.07) is 12.2. The Bertz CT molecular complexity index is 889. The number of para-hydroxylation sites is 1. The van der Waals surface area contributed by atoms with Crippen LogP contribution in [0.15, 0.2) is 48.5 Å². The molecule has 2 aromatic rings. The summed E-state index contributed by atoms with van der Waals surface area (Å²) in [7, 11) is 1.49. The Morgan fingerprint density at radius 2 is 1.90 bits per heavy atom. The van der Waals surface area contributed by atoms with E-state index in [9.17, 15) is 28.1 Å². The highest BCUT2D eigenvalue weighted by molar-refractivity contribution is 5.80. The van der Waals surface area contributed by atoms with Crippen molar-refractivity contribution in [3.63, 3.8) is 0 Å². The highest BCUT2D eigenvalue weighted by Gasteiger charge is 2.35. The fourth-order valence-electron chi connectivity index (χ4n) is 2.77. The van der Waals surface area contributed by atoms with E-state index in [4.69, 9.17) is 9.47 Å². The van der Waals surface area contributed by atoms with Crippen LogP contribution in [-0.4, -0.2) is 41.7 Å². The van der Waals surface area contributed by atoms with Gasteiger partial charge in [0.05, 0.1) is 25.2 Å². The van der Waals surface area contributed by atoms with Gasteiger partial charge in [-0.25, -0.2) is 0 Å². The lowest BCUT2D eigenvalue weighted by molar-refractivity contribution is -0.385. The van der Waals surface area contributed by atoms with Gasteiger partial charge in [-0.1, -0.05) is 30.3 Å². The van der Waals surface area contributed by atoms with E-state index in [0.717, 1.165) is 0 Å². The molecule has 1 atom stereocenters. The highest BCUT2D eigenvalue weighted by Crippen LogP contribution is 2.24. The number of amides is 1. The van der Waals surface area contributed by atoms with Crippen LogP contribution in [0.4, 0.5) is 18.9 Å². The van der Waals surface area contributed by atoms with Crippen molar-refractivity contribution in [1.29, 1.82) is 0 Å². The third kappa shape index (κ3) is 6.73. The summed E-state index contributed by atoms with van der Waals surface area (Å²) in [5.74, 6) is -0.349. The Kier molecular flexibility index (Phi) is 7.76. The first-order valence-corrected chi connectivity index (χ1v) is 8.93. The van der Waals surface area contributed by atoms with Crippen molar-refractivity contribution in [3.05, 3.63) is 69.8 Å². The van der Waals surface area contributed by atoms with Gasteiger partial charge in [0.2, 0.25) is 0 Å². The number of rotatable bonds is 9. The Morgan fingerprint density at radius 3 is 2.53 bits per heavy atom. The van der Waals surface area contributed by atoms with Crippen molar-refractivity contribution in [2.75, 3.05) is 13.7 Å². The molecule has 7 nitrogen and oxygen atoms in total. The number of benzene rings is 2. The van der Waals surface area contributed by atoms with E-state index in [1.165, 1.54) is 38.3 Å². The number of halogens is 3. The van der Waals surface area contributed by atoms with Crippen LogP contribution in [0.5, 0.6) is 5.75 Å². The molecule has 0 N–H and O–H groups in total. The monoisotopic (exact) mass is 426 g/mol. The molecule has 2 rings (SSSR count). The number of alkyl halides is 3. The van der Waals surface area contributed by atoms with Gasteiger partial charge >= 0.3 is 6.18 Å². The van der Waals surface area contributed by atoms with Crippen molar-refractivity contribution in [2.24, 2.45) is 0 Å². The van der Waals surface area contributed by atoms with E-state index in [1.54, 1.807) is 24.3 Å². The average Bonchev–Trinajstić information content (AvgIpc) is 2.70. The number of hydrogen-bond donors (Lipinski definition) is 0. The van der Waals surface area contributed by atoms with Gasteiger partial charge in [0.1, 0.15) is 18.4 Å². The van der Waals surface area contributed by atoms with Gasteiger partial charge in [0.15, 0.2) is 0 Å². The molecule has 0 aliphatic heterocycles. The van der Waals surface area contributed by atoms with Gasteiger partial charge in [-0.05, 0) is 24.6 Å². The van der Waals surface area contributed by atoms with Gasteiger partial charge in [0.25, 0.3) is 11.6 Å². The predicted octanol–water partition coefficient (Wildman–Crippen LogP) is 4.10. The summed E-state index contributed by atoms with van der Waals surface area (Å²) in [4.78, 5) is 23.6. The molecule has 1 amide bonds. The number of carbonyl (C=O) groups excluding carboxylic acids is 1. The van der Waals surface area contributed by atoms with Crippen molar-refractivity contribution < 1.29 is 32.4 Å². The number of nitro groups is 1. The zero-order chi connectivity index (χ0) is 22.3. The number of nitro benzene ring substituents is 1. The molecular formula is C20H21F3N2O5. The first kappa shape index (κ1) is 23.1. The van der Waals surface area contributed by atoms with Crippen LogP contribution in [0, 0.1) is 10.1 Å². The predicted molar refractivity (Wildman–Crippen MR) is 102 cm³/mol. The van der Waals surface area contributed by atoms with E-state index < -0.39 is 36.2 Å². The minimum Gasteiger partial charge on any atom is -0.497 e. The maximum Gasteiger partial charge on any atom is 0.406 e. The van der Waals surface area contributed by atoms with Gasteiger partial charge in [-0.3, -0.25) is 14.9 Å². The molecule has 0 aromatic heterocycles. The number of nitrogens with zero attached hydrogens (tertiary/aromatic N) is 2. The fraction of sp³-hybridized carbons (Fsp3) is 0.350. The molecular weight excluding hydrogens is 405 g/mol. The molecule has 162 valence electrons. The minimum atomic E-state index is -4.67. The number of carbonyl (C=O) groups is 1. The van der Waals surface area contributed by atoms with Crippen LogP contribution >= 0.6 is 0 Å². The number of hydrogen-bond acceptors (Lipinski definition) is 5. The fourth-order valence-corrected chi connectivity index (χ4v) is 2.77. The highest BCUT2D eigenvalue weighted by atomic mass is 19.4. The second kappa shape index (κ2) is 10.1. The maximum atomic E-state index is 13.0. The van der Waals surface area contributed by atoms with Crippen LogP contribution in [0.2, 0.25) is 0 Å². The van der Waals surface area contributed by atoms with Gasteiger partial charge in [-0.2, -0.15) is 13.2 Å². The topological polar surface area (TPSA) is 81.9 Å². The Labute approximate surface area is 171 Å². The second-order valence-corrected chi connectivity index (χ2v) is 6.50. The van der Waals surface area contributed by atoms with Gasteiger partial charge < -0.3 is 14.4 Å². The van der Waals surface area contributed by atoms with Crippen LogP contribution in [0.3, 0.4) is 0 Å². The number of ether oxygens (including phenoxy) is 2. The summed E-state index contributed by atoms with van der Waals surface area (Å²) in [6.45, 7) is -0.798. The largest absolute Gasteiger partial charge is 0.497 e. The molecule has 0 aliphatic carbocycles. The Hall–Kier alpha value is -3.14. The molecule has 0 saturated carbocycles. The van der Waals surface area contributed by atoms with Gasteiger partial charge in [0, 0.05) is 11.6 Å². The molecule has 0 saturated heterocycles. The van der Waals surface area contributed by atoms with Crippen LogP contribution in [0.25, 0.3) is 0 Å². The Morgan fingerprint density at radius 1 is 1.20 bits per heavy atom. The normalized spacial score (nSPS) is 12.3. The second-order valence-electron chi connectivity index (χ2n) is 6.50. The molecule has 2 aromatic carbocycles. The lowest BCUT2D eigenvalue weighted by Gasteiger charge is -2.27. The van der Waals surface area contributed by atoms with Crippen molar-refractivity contribution in [2.45, 2.75) is 32.4 Å². The molecule has 0 bridgehead atoms. The minimum absolute atomic E-state index is 0.0000886. The molecule has 0 heterocycles. The molecule has 0 radical (unpaired) electrons. The van der Waals surface area contributed by atoms with E-state index in [0.29, 0.717) is 16.2 Å². The Balaban J connectivity index is 2.15. The van der Waals surface area contributed by atoms with Crippen molar-refractivity contribution >= 4 is 11.6 Å². The third-order valence-electron chi connectivity index (χ3n) is 4.21. The molecule has 0 spiro atoms. The molecule has 10 heteroatoms. The van der Waals surface area contributed by atoms with Crippen LogP contribution in [-0.2, 0) is 22.7 Å². The zero-order valence-corrected chi connectivity index (χ0v) is 16.4. The lowest BCUT2D eigenvalue weighted by atomic mass is 10.1. The maximum absolute atomic E-state index is 13.0. The smallest absolute Gasteiger partial charge is 0.406 e.